The molecule has 3 aliphatic heterocycles. The molecule has 3 aromatic rings. The van der Waals surface area contributed by atoms with Crippen molar-refractivity contribution in [3.05, 3.63) is 59.5 Å². The van der Waals surface area contributed by atoms with Crippen LogP contribution in [0.5, 0.6) is 0 Å². The molecule has 43 heavy (non-hydrogen) atoms. The molecule has 2 unspecified atom stereocenters. The van der Waals surface area contributed by atoms with Gasteiger partial charge in [-0.25, -0.2) is 0 Å². The zero-order valence-electron chi connectivity index (χ0n) is 24.0. The summed E-state index contributed by atoms with van der Waals surface area (Å²) >= 11 is 0. The van der Waals surface area contributed by atoms with E-state index < -0.39 is 23.8 Å². The van der Waals surface area contributed by atoms with E-state index in [9.17, 15) is 19.2 Å². The maximum Gasteiger partial charge on any atom is 0.262 e. The third-order valence-corrected chi connectivity index (χ3v) is 9.81. The Morgan fingerprint density at radius 2 is 1.81 bits per heavy atom. The van der Waals surface area contributed by atoms with Gasteiger partial charge in [0, 0.05) is 49.5 Å². The third kappa shape index (κ3) is 4.32. The first-order valence-corrected chi connectivity index (χ1v) is 15.2. The summed E-state index contributed by atoms with van der Waals surface area (Å²) in [7, 11) is 2.07. The van der Waals surface area contributed by atoms with E-state index >= 15 is 0 Å². The van der Waals surface area contributed by atoms with Crippen molar-refractivity contribution in [3.63, 3.8) is 0 Å². The highest BCUT2D eigenvalue weighted by molar-refractivity contribution is 6.23. The summed E-state index contributed by atoms with van der Waals surface area (Å²) in [6, 6.07) is 8.85. The lowest BCUT2D eigenvalue weighted by Crippen LogP contribution is -2.54. The summed E-state index contributed by atoms with van der Waals surface area (Å²) in [5.74, 6) is -0.674. The van der Waals surface area contributed by atoms with Crippen LogP contribution in [-0.2, 0) is 16.6 Å². The highest BCUT2D eigenvalue weighted by Gasteiger charge is 2.46. The molecule has 5 heterocycles. The number of hydrazone groups is 1. The zero-order valence-corrected chi connectivity index (χ0v) is 24.0. The molecule has 1 saturated heterocycles. The molecule has 1 aromatic carbocycles. The number of nitrogens with zero attached hydrogens (tertiary/aromatic N) is 5. The monoisotopic (exact) mass is 579 g/mol. The predicted octanol–water partition coefficient (Wildman–Crippen LogP) is 3.03. The largest absolute Gasteiger partial charge is 0.385 e. The number of carbonyl (C=O) groups is 4. The van der Waals surface area contributed by atoms with Crippen molar-refractivity contribution in [2.24, 2.45) is 24.0 Å². The number of carbonyl (C=O) groups excluding carboxylic acids is 4. The molecule has 0 bridgehead atoms. The Labute approximate surface area is 248 Å². The third-order valence-electron chi connectivity index (χ3n) is 9.81. The number of imide groups is 2. The Kier molecular flexibility index (Phi) is 5.92. The van der Waals surface area contributed by atoms with E-state index in [4.69, 9.17) is 10.1 Å². The van der Waals surface area contributed by atoms with Crippen molar-refractivity contribution in [1.29, 1.82) is 0 Å². The minimum Gasteiger partial charge on any atom is -0.385 e. The van der Waals surface area contributed by atoms with Gasteiger partial charge in [0.15, 0.2) is 0 Å². The first kappa shape index (κ1) is 26.1. The first-order valence-electron chi connectivity index (χ1n) is 15.2. The average Bonchev–Trinajstić information content (AvgIpc) is 3.55. The second-order valence-electron chi connectivity index (χ2n) is 12.6. The van der Waals surface area contributed by atoms with E-state index in [0.29, 0.717) is 23.4 Å². The van der Waals surface area contributed by atoms with Crippen LogP contribution in [0.3, 0.4) is 0 Å². The number of anilines is 1. The topological polar surface area (TPSA) is 129 Å². The quantitative estimate of drug-likeness (QED) is 0.412. The zero-order chi connectivity index (χ0) is 29.4. The smallest absolute Gasteiger partial charge is 0.262 e. The molecule has 2 saturated carbocycles. The Balaban J connectivity index is 0.900. The van der Waals surface area contributed by atoms with Crippen LogP contribution in [0.4, 0.5) is 5.69 Å². The van der Waals surface area contributed by atoms with E-state index in [-0.39, 0.29) is 30.2 Å². The van der Waals surface area contributed by atoms with Crippen molar-refractivity contribution >= 4 is 45.9 Å². The molecule has 2 aliphatic carbocycles. The number of piperidine rings is 1. The molecule has 2 aromatic heterocycles. The molecule has 8 rings (SSSR count). The molecule has 3 fully saturated rings. The van der Waals surface area contributed by atoms with Gasteiger partial charge in [0.2, 0.25) is 11.8 Å². The number of hydrogen-bond acceptors (Lipinski definition) is 8. The van der Waals surface area contributed by atoms with E-state index in [0.717, 1.165) is 42.2 Å². The summed E-state index contributed by atoms with van der Waals surface area (Å²) in [6.07, 6.45) is 8.77. The molecule has 11 heteroatoms. The van der Waals surface area contributed by atoms with Gasteiger partial charge >= 0.3 is 0 Å². The van der Waals surface area contributed by atoms with Crippen molar-refractivity contribution in [1.82, 2.24) is 24.8 Å². The standard InChI is InChI=1S/C32H33N7O4/c1-37-11-9-22-25(37)8-10-33-29(22)24-16-38(36-28(24)18-2-3-18)20-12-17(13-20)15-34-19-4-5-21-23(14-19)32(43)39(31(21)42)26-6-7-27(40)35-30(26)41/h4-5,8-11,14,17-18,20,24,26,34H,2-3,6-7,12-13,15-16H2,1H3,(H,35,40,41). The minimum atomic E-state index is -0.960. The van der Waals surface area contributed by atoms with E-state index in [1.807, 2.05) is 12.3 Å². The SMILES string of the molecule is Cn1ccc2c(C3CN(C4CC(CNc5ccc6c(c5)C(=O)N(C5CCC(=O)NC5=O)C6=O)C4)N=C3C3CC3)nccc21. The van der Waals surface area contributed by atoms with Gasteiger partial charge in [-0.3, -0.25) is 39.4 Å². The summed E-state index contributed by atoms with van der Waals surface area (Å²) < 4.78 is 2.15. The van der Waals surface area contributed by atoms with Crippen LogP contribution in [0.15, 0.2) is 47.8 Å². The van der Waals surface area contributed by atoms with Crippen LogP contribution >= 0.6 is 0 Å². The fourth-order valence-corrected chi connectivity index (χ4v) is 7.20. The number of pyridine rings is 1. The number of benzene rings is 1. The van der Waals surface area contributed by atoms with E-state index in [1.165, 1.54) is 29.5 Å². The molecule has 220 valence electrons. The van der Waals surface area contributed by atoms with E-state index in [2.05, 4.69) is 45.6 Å². The second kappa shape index (κ2) is 9.75. The Morgan fingerprint density at radius 3 is 2.60 bits per heavy atom. The molecular formula is C32H33N7O4. The van der Waals surface area contributed by atoms with Crippen LogP contribution in [0, 0.1) is 11.8 Å². The molecule has 0 radical (unpaired) electrons. The minimum absolute atomic E-state index is 0.102. The first-order chi connectivity index (χ1) is 20.9. The number of aryl methyl sites for hydroxylation is 1. The molecule has 2 atom stereocenters. The van der Waals surface area contributed by atoms with Gasteiger partial charge in [-0.15, -0.1) is 0 Å². The van der Waals surface area contributed by atoms with Crippen LogP contribution in [0.1, 0.15) is 70.9 Å². The maximum absolute atomic E-state index is 13.2. The van der Waals surface area contributed by atoms with Gasteiger partial charge in [-0.05, 0) is 74.3 Å². The van der Waals surface area contributed by atoms with Gasteiger partial charge in [-0.1, -0.05) is 0 Å². The number of amides is 4. The highest BCUT2D eigenvalue weighted by Crippen LogP contribution is 2.44. The van der Waals surface area contributed by atoms with Crippen LogP contribution in [-0.4, -0.2) is 74.0 Å². The normalized spacial score (nSPS) is 27.0. The molecular weight excluding hydrogens is 546 g/mol. The molecule has 11 nitrogen and oxygen atoms in total. The van der Waals surface area contributed by atoms with Gasteiger partial charge in [-0.2, -0.15) is 5.10 Å². The molecule has 2 N–H and O–H groups in total. The lowest BCUT2D eigenvalue weighted by atomic mass is 9.79. The van der Waals surface area contributed by atoms with Gasteiger partial charge in [0.25, 0.3) is 11.8 Å². The number of nitrogens with one attached hydrogen (secondary N) is 2. The lowest BCUT2D eigenvalue weighted by molar-refractivity contribution is -0.136. The van der Waals surface area contributed by atoms with Crippen LogP contribution in [0.2, 0.25) is 0 Å². The lowest BCUT2D eigenvalue weighted by Gasteiger charge is -2.40. The fourth-order valence-electron chi connectivity index (χ4n) is 7.20. The summed E-state index contributed by atoms with van der Waals surface area (Å²) in [6.45, 7) is 1.64. The van der Waals surface area contributed by atoms with Gasteiger partial charge < -0.3 is 9.88 Å². The van der Waals surface area contributed by atoms with Crippen LogP contribution < -0.4 is 10.6 Å². The number of aromatic nitrogens is 2. The van der Waals surface area contributed by atoms with Gasteiger partial charge in [0.1, 0.15) is 6.04 Å². The average molecular weight is 580 g/mol. The number of fused-ring (bicyclic) bond motifs is 2. The number of hydrogen-bond donors (Lipinski definition) is 2. The van der Waals surface area contributed by atoms with Gasteiger partial charge in [0.05, 0.1) is 40.5 Å². The van der Waals surface area contributed by atoms with Crippen molar-refractivity contribution in [2.75, 3.05) is 18.4 Å². The predicted molar refractivity (Wildman–Crippen MR) is 158 cm³/mol. The Morgan fingerprint density at radius 1 is 1.00 bits per heavy atom. The summed E-state index contributed by atoms with van der Waals surface area (Å²) in [5.41, 5.74) is 5.00. The van der Waals surface area contributed by atoms with E-state index in [1.54, 1.807) is 12.1 Å². The summed E-state index contributed by atoms with van der Waals surface area (Å²) in [4.78, 5) is 55.8. The summed E-state index contributed by atoms with van der Waals surface area (Å²) in [5, 5.41) is 14.4. The maximum atomic E-state index is 13.2. The Bertz CT molecular complexity index is 1730. The van der Waals surface area contributed by atoms with Crippen molar-refractivity contribution in [2.45, 2.75) is 56.5 Å². The Hall–Kier alpha value is -4.54. The highest BCUT2D eigenvalue weighted by atomic mass is 16.2. The number of rotatable bonds is 7. The van der Waals surface area contributed by atoms with Crippen molar-refractivity contribution in [3.8, 4) is 0 Å². The van der Waals surface area contributed by atoms with Crippen LogP contribution in [0.25, 0.3) is 10.9 Å². The molecule has 0 spiro atoms. The molecule has 5 aliphatic rings. The second-order valence-corrected chi connectivity index (χ2v) is 12.6. The molecule has 4 amide bonds. The van der Waals surface area contributed by atoms with Crippen molar-refractivity contribution < 1.29 is 19.2 Å². The fraction of sp³-hybridized carbons (Fsp3) is 0.438.